The highest BCUT2D eigenvalue weighted by Gasteiger charge is 2.06. The fraction of sp³-hybridized carbons (Fsp3) is 0.500. The molecular weight excluding hydrogens is 206 g/mol. The lowest BCUT2D eigenvalue weighted by Gasteiger charge is -2.07. The Morgan fingerprint density at radius 3 is 2.87 bits per heavy atom. The molecule has 0 spiro atoms. The van der Waals surface area contributed by atoms with Crippen molar-refractivity contribution in [3.8, 4) is 5.88 Å². The largest absolute Gasteiger partial charge is 0.471 e. The van der Waals surface area contributed by atoms with Crippen LogP contribution in [0.15, 0.2) is 6.07 Å². The van der Waals surface area contributed by atoms with Gasteiger partial charge in [0, 0.05) is 12.6 Å². The van der Waals surface area contributed by atoms with Crippen molar-refractivity contribution in [3.63, 3.8) is 0 Å². The second-order valence-corrected chi connectivity index (χ2v) is 2.68. The van der Waals surface area contributed by atoms with Crippen LogP contribution in [0.1, 0.15) is 6.92 Å². The maximum absolute atomic E-state index is 11.9. The van der Waals surface area contributed by atoms with Crippen LogP contribution in [-0.2, 0) is 0 Å². The summed E-state index contributed by atoms with van der Waals surface area (Å²) < 4.78 is 28.4. The number of ether oxygens (including phenoxy) is 1. The van der Waals surface area contributed by atoms with Crippen molar-refractivity contribution in [1.29, 1.82) is 0 Å². The van der Waals surface area contributed by atoms with Crippen LogP contribution in [0.25, 0.3) is 0 Å². The summed E-state index contributed by atoms with van der Waals surface area (Å²) in [7, 11) is 0. The minimum absolute atomic E-state index is 0.0160. The smallest absolute Gasteiger partial charge is 0.272 e. The fourth-order valence-corrected chi connectivity index (χ4v) is 0.937. The number of halogens is 2. The Labute approximate surface area is 85.7 Å². The van der Waals surface area contributed by atoms with Gasteiger partial charge in [-0.25, -0.2) is 8.78 Å². The highest BCUT2D eigenvalue weighted by molar-refractivity contribution is 5.42. The Morgan fingerprint density at radius 1 is 1.53 bits per heavy atom. The Bertz CT molecular complexity index is 322. The van der Waals surface area contributed by atoms with Crippen molar-refractivity contribution in [2.75, 3.05) is 24.2 Å². The summed E-state index contributed by atoms with van der Waals surface area (Å²) >= 11 is 0. The van der Waals surface area contributed by atoms with E-state index in [0.717, 1.165) is 0 Å². The Morgan fingerprint density at radius 2 is 2.27 bits per heavy atom. The molecule has 1 rings (SSSR count). The molecule has 0 radical (unpaired) electrons. The third-order valence-corrected chi connectivity index (χ3v) is 1.44. The molecule has 0 saturated carbocycles. The van der Waals surface area contributed by atoms with E-state index in [1.165, 1.54) is 6.07 Å². The monoisotopic (exact) mass is 218 g/mol. The Balaban J connectivity index is 2.70. The molecule has 0 atom stereocenters. The number of aromatic nitrogens is 2. The molecule has 0 bridgehead atoms. The first-order valence-electron chi connectivity index (χ1n) is 4.41. The van der Waals surface area contributed by atoms with Crippen LogP contribution < -0.4 is 15.8 Å². The number of rotatable bonds is 5. The van der Waals surface area contributed by atoms with E-state index >= 15 is 0 Å². The zero-order valence-corrected chi connectivity index (χ0v) is 8.20. The van der Waals surface area contributed by atoms with E-state index in [4.69, 9.17) is 10.5 Å². The molecule has 1 aromatic heterocycles. The number of hydrogen-bond donors (Lipinski definition) is 2. The quantitative estimate of drug-likeness (QED) is 0.775. The zero-order chi connectivity index (χ0) is 11.3. The van der Waals surface area contributed by atoms with Crippen molar-refractivity contribution < 1.29 is 13.5 Å². The number of hydrogen-bond acceptors (Lipinski definition) is 5. The van der Waals surface area contributed by atoms with Crippen LogP contribution in [0.2, 0.25) is 0 Å². The molecular formula is C8H12F2N4O. The van der Waals surface area contributed by atoms with Gasteiger partial charge in [-0.2, -0.15) is 9.97 Å². The van der Waals surface area contributed by atoms with Crippen LogP contribution >= 0.6 is 0 Å². The number of nitrogens with one attached hydrogen (secondary N) is 1. The zero-order valence-electron chi connectivity index (χ0n) is 8.20. The van der Waals surface area contributed by atoms with Gasteiger partial charge < -0.3 is 15.8 Å². The second kappa shape index (κ2) is 5.28. The van der Waals surface area contributed by atoms with E-state index in [2.05, 4.69) is 15.3 Å². The lowest BCUT2D eigenvalue weighted by molar-refractivity contribution is 0.0796. The molecule has 0 fully saturated rings. The van der Waals surface area contributed by atoms with Crippen LogP contribution in [0, 0.1) is 0 Å². The number of nitrogens with zero attached hydrogens (tertiary/aromatic N) is 2. The molecule has 7 heteroatoms. The minimum Gasteiger partial charge on any atom is -0.471 e. The third kappa shape index (κ3) is 3.92. The Hall–Kier alpha value is -1.66. The lowest BCUT2D eigenvalue weighted by atomic mass is 10.5. The first-order chi connectivity index (χ1) is 7.11. The molecule has 3 N–H and O–H groups in total. The van der Waals surface area contributed by atoms with Gasteiger partial charge in [0.15, 0.2) is 6.61 Å². The van der Waals surface area contributed by atoms with Crippen LogP contribution in [0.3, 0.4) is 0 Å². The summed E-state index contributed by atoms with van der Waals surface area (Å²) in [5, 5.41) is 2.88. The van der Waals surface area contributed by atoms with Crippen molar-refractivity contribution in [3.05, 3.63) is 6.07 Å². The lowest BCUT2D eigenvalue weighted by Crippen LogP contribution is -2.10. The number of anilines is 2. The van der Waals surface area contributed by atoms with Gasteiger partial charge in [-0.05, 0) is 6.92 Å². The van der Waals surface area contributed by atoms with Crippen molar-refractivity contribution in [2.24, 2.45) is 0 Å². The SMILES string of the molecule is CCNc1cc(OCC(F)F)nc(N)n1. The molecule has 84 valence electrons. The summed E-state index contributed by atoms with van der Waals surface area (Å²) in [6, 6.07) is 1.42. The van der Waals surface area contributed by atoms with Gasteiger partial charge in [0.25, 0.3) is 6.43 Å². The first-order valence-corrected chi connectivity index (χ1v) is 4.41. The van der Waals surface area contributed by atoms with Crippen LogP contribution in [0.4, 0.5) is 20.5 Å². The molecule has 0 unspecified atom stereocenters. The maximum atomic E-state index is 11.9. The van der Waals surface area contributed by atoms with Crippen molar-refractivity contribution >= 4 is 11.8 Å². The fourth-order valence-electron chi connectivity index (χ4n) is 0.937. The highest BCUT2D eigenvalue weighted by atomic mass is 19.3. The summed E-state index contributed by atoms with van der Waals surface area (Å²) in [4.78, 5) is 7.50. The van der Waals surface area contributed by atoms with Gasteiger partial charge in [0.2, 0.25) is 11.8 Å². The minimum atomic E-state index is -2.54. The van der Waals surface area contributed by atoms with E-state index in [1.807, 2.05) is 6.92 Å². The topological polar surface area (TPSA) is 73.1 Å². The number of alkyl halides is 2. The van der Waals surface area contributed by atoms with Crippen molar-refractivity contribution in [1.82, 2.24) is 9.97 Å². The van der Waals surface area contributed by atoms with Gasteiger partial charge in [-0.3, -0.25) is 0 Å². The molecule has 0 saturated heterocycles. The summed E-state index contributed by atoms with van der Waals surface area (Å²) in [5.74, 6) is 0.478. The molecule has 15 heavy (non-hydrogen) atoms. The van der Waals surface area contributed by atoms with E-state index in [0.29, 0.717) is 12.4 Å². The molecule has 1 aromatic rings. The average molecular weight is 218 g/mol. The summed E-state index contributed by atoms with van der Waals surface area (Å²) in [5.41, 5.74) is 5.37. The average Bonchev–Trinajstić information content (AvgIpc) is 2.14. The van der Waals surface area contributed by atoms with Crippen LogP contribution in [0.5, 0.6) is 5.88 Å². The van der Waals surface area contributed by atoms with E-state index in [-0.39, 0.29) is 11.8 Å². The number of nitrogen functional groups attached to an aromatic ring is 1. The standard InChI is InChI=1S/C8H12F2N4O/c1-2-12-6-3-7(14-8(11)13-6)15-4-5(9)10/h3,5H,2,4H2,1H3,(H3,11,12,13,14). The van der Waals surface area contributed by atoms with Gasteiger partial charge in [-0.1, -0.05) is 0 Å². The van der Waals surface area contributed by atoms with E-state index in [1.54, 1.807) is 0 Å². The van der Waals surface area contributed by atoms with Gasteiger partial charge in [0.05, 0.1) is 0 Å². The highest BCUT2D eigenvalue weighted by Crippen LogP contribution is 2.14. The number of nitrogens with two attached hydrogens (primary N) is 1. The molecule has 0 aliphatic carbocycles. The van der Waals surface area contributed by atoms with Crippen molar-refractivity contribution in [2.45, 2.75) is 13.3 Å². The molecule has 0 aliphatic heterocycles. The molecule has 0 aliphatic rings. The molecule has 5 nitrogen and oxygen atoms in total. The Kier molecular flexibility index (Phi) is 4.02. The maximum Gasteiger partial charge on any atom is 0.272 e. The summed E-state index contributed by atoms with van der Waals surface area (Å²) in [6.07, 6.45) is -2.54. The normalized spacial score (nSPS) is 10.4. The molecule has 0 amide bonds. The van der Waals surface area contributed by atoms with E-state index < -0.39 is 13.0 Å². The third-order valence-electron chi connectivity index (χ3n) is 1.44. The first kappa shape index (κ1) is 11.4. The van der Waals surface area contributed by atoms with Gasteiger partial charge in [0.1, 0.15) is 5.82 Å². The molecule has 1 heterocycles. The van der Waals surface area contributed by atoms with Gasteiger partial charge in [-0.15, -0.1) is 0 Å². The van der Waals surface area contributed by atoms with Crippen LogP contribution in [-0.4, -0.2) is 29.5 Å². The second-order valence-electron chi connectivity index (χ2n) is 2.68. The predicted molar refractivity (Wildman–Crippen MR) is 52.1 cm³/mol. The predicted octanol–water partition coefficient (Wildman–Crippen LogP) is 1.13. The molecule has 0 aromatic carbocycles. The summed E-state index contributed by atoms with van der Waals surface area (Å²) in [6.45, 7) is 1.81. The van der Waals surface area contributed by atoms with E-state index in [9.17, 15) is 8.78 Å². The van der Waals surface area contributed by atoms with Gasteiger partial charge >= 0.3 is 0 Å².